The van der Waals surface area contributed by atoms with Gasteiger partial charge in [0.2, 0.25) is 0 Å². The Morgan fingerprint density at radius 2 is 2.13 bits per heavy atom. The highest BCUT2D eigenvalue weighted by Gasteiger charge is 2.20. The normalized spacial score (nSPS) is 12.2. The molecule has 2 rings (SSSR count). The quantitative estimate of drug-likeness (QED) is 0.651. The first kappa shape index (κ1) is 17.1. The van der Waals surface area contributed by atoms with Crippen LogP contribution in [0.1, 0.15) is 27.5 Å². The first-order valence-corrected chi connectivity index (χ1v) is 8.06. The molecule has 0 fully saturated rings. The molecule has 122 valence electrons. The molecule has 1 atom stereocenters. The summed E-state index contributed by atoms with van der Waals surface area (Å²) in [6.45, 7) is 2.03. The van der Waals surface area contributed by atoms with Crippen molar-refractivity contribution in [1.29, 1.82) is 0 Å². The van der Waals surface area contributed by atoms with E-state index in [-0.39, 0.29) is 17.6 Å². The van der Waals surface area contributed by atoms with E-state index in [1.165, 1.54) is 12.1 Å². The minimum atomic E-state index is -0.472. The smallest absolute Gasteiger partial charge is 0.273 e. The molecule has 0 radical (unpaired) electrons. The van der Waals surface area contributed by atoms with Gasteiger partial charge in [-0.25, -0.2) is 0 Å². The zero-order valence-corrected chi connectivity index (χ0v) is 14.1. The highest BCUT2D eigenvalue weighted by molar-refractivity contribution is 7.07. The van der Waals surface area contributed by atoms with Crippen molar-refractivity contribution in [1.82, 2.24) is 10.2 Å². The molecule has 23 heavy (non-hydrogen) atoms. The Bertz CT molecular complexity index is 699. The molecule has 1 aromatic heterocycles. The molecule has 1 heterocycles. The van der Waals surface area contributed by atoms with Gasteiger partial charge in [-0.2, -0.15) is 11.3 Å². The summed E-state index contributed by atoms with van der Waals surface area (Å²) >= 11 is 1.61. The van der Waals surface area contributed by atoms with Gasteiger partial charge in [0.05, 0.1) is 11.0 Å². The van der Waals surface area contributed by atoms with Crippen LogP contribution < -0.4 is 5.32 Å². The second kappa shape index (κ2) is 7.34. The average molecular weight is 333 g/mol. The van der Waals surface area contributed by atoms with Crippen LogP contribution in [0.5, 0.6) is 0 Å². The first-order valence-electron chi connectivity index (χ1n) is 7.12. The largest absolute Gasteiger partial charge is 0.350 e. The molecule has 6 nitrogen and oxygen atoms in total. The van der Waals surface area contributed by atoms with E-state index in [2.05, 4.69) is 10.7 Å². The third-order valence-electron chi connectivity index (χ3n) is 3.75. The molecular weight excluding hydrogens is 314 g/mol. The van der Waals surface area contributed by atoms with Crippen LogP contribution >= 0.6 is 11.3 Å². The predicted molar refractivity (Wildman–Crippen MR) is 90.9 cm³/mol. The van der Waals surface area contributed by atoms with Crippen molar-refractivity contribution in [2.75, 3.05) is 20.6 Å². The Balaban J connectivity index is 2.13. The summed E-state index contributed by atoms with van der Waals surface area (Å²) in [5, 5.41) is 17.9. The van der Waals surface area contributed by atoms with Gasteiger partial charge < -0.3 is 10.2 Å². The minimum Gasteiger partial charge on any atom is -0.350 e. The highest BCUT2D eigenvalue weighted by atomic mass is 32.1. The zero-order valence-electron chi connectivity index (χ0n) is 13.3. The molecule has 1 amide bonds. The average Bonchev–Trinajstić information content (AvgIpc) is 3.00. The minimum absolute atomic E-state index is 0.0420. The number of nitro benzene ring substituents is 1. The van der Waals surface area contributed by atoms with Crippen LogP contribution in [0.4, 0.5) is 5.69 Å². The molecule has 0 aliphatic heterocycles. The second-order valence-electron chi connectivity index (χ2n) is 5.45. The van der Waals surface area contributed by atoms with E-state index >= 15 is 0 Å². The van der Waals surface area contributed by atoms with Crippen molar-refractivity contribution in [3.05, 3.63) is 61.8 Å². The van der Waals surface area contributed by atoms with Crippen molar-refractivity contribution in [2.45, 2.75) is 13.0 Å². The fourth-order valence-electron chi connectivity index (χ4n) is 2.41. The summed E-state index contributed by atoms with van der Waals surface area (Å²) in [6.07, 6.45) is 0. The zero-order chi connectivity index (χ0) is 17.0. The first-order chi connectivity index (χ1) is 10.9. The van der Waals surface area contributed by atoms with Crippen molar-refractivity contribution in [3.63, 3.8) is 0 Å². The maximum absolute atomic E-state index is 12.4. The summed E-state index contributed by atoms with van der Waals surface area (Å²) in [4.78, 5) is 24.9. The molecule has 0 saturated heterocycles. The lowest BCUT2D eigenvalue weighted by Crippen LogP contribution is -2.34. The Kier molecular flexibility index (Phi) is 5.46. The van der Waals surface area contributed by atoms with E-state index in [0.717, 1.165) is 5.56 Å². The number of likely N-dealkylation sites (N-methyl/N-ethyl adjacent to an activating group) is 1. The third kappa shape index (κ3) is 3.94. The van der Waals surface area contributed by atoms with Crippen LogP contribution in [0, 0.1) is 17.0 Å². The molecule has 0 aliphatic rings. The maximum atomic E-state index is 12.4. The second-order valence-corrected chi connectivity index (χ2v) is 6.23. The van der Waals surface area contributed by atoms with Gasteiger partial charge in [0, 0.05) is 23.7 Å². The number of nitrogens with one attached hydrogen (secondary N) is 1. The van der Waals surface area contributed by atoms with E-state index in [1.807, 2.05) is 30.4 Å². The fourth-order valence-corrected chi connectivity index (χ4v) is 3.12. The third-order valence-corrected chi connectivity index (χ3v) is 4.46. The van der Waals surface area contributed by atoms with E-state index in [1.54, 1.807) is 24.3 Å². The number of amides is 1. The SMILES string of the molecule is Cc1c(C(=O)NCC(c2ccsc2)N(C)C)cccc1[N+](=O)[O-]. The molecular formula is C16H19N3O3S. The highest BCUT2D eigenvalue weighted by Crippen LogP contribution is 2.22. The van der Waals surface area contributed by atoms with Gasteiger partial charge in [0.15, 0.2) is 0 Å². The topological polar surface area (TPSA) is 75.5 Å². The molecule has 0 aliphatic carbocycles. The van der Waals surface area contributed by atoms with Gasteiger partial charge in [0.25, 0.3) is 11.6 Å². The van der Waals surface area contributed by atoms with Gasteiger partial charge >= 0.3 is 0 Å². The van der Waals surface area contributed by atoms with Gasteiger partial charge in [-0.15, -0.1) is 0 Å². The summed E-state index contributed by atoms with van der Waals surface area (Å²) in [7, 11) is 3.90. The number of carbonyl (C=O) groups is 1. The lowest BCUT2D eigenvalue weighted by Gasteiger charge is -2.24. The Morgan fingerprint density at radius 1 is 1.39 bits per heavy atom. The molecule has 1 unspecified atom stereocenters. The van der Waals surface area contributed by atoms with Gasteiger partial charge in [-0.1, -0.05) is 6.07 Å². The van der Waals surface area contributed by atoms with Crippen molar-refractivity contribution in [3.8, 4) is 0 Å². The van der Waals surface area contributed by atoms with E-state index in [0.29, 0.717) is 17.7 Å². The fraction of sp³-hybridized carbons (Fsp3) is 0.312. The molecule has 0 saturated carbocycles. The van der Waals surface area contributed by atoms with Crippen LogP contribution in [-0.2, 0) is 0 Å². The molecule has 1 aromatic carbocycles. The summed E-state index contributed by atoms with van der Waals surface area (Å²) in [5.74, 6) is -0.298. The van der Waals surface area contributed by atoms with Crippen molar-refractivity contribution in [2.24, 2.45) is 0 Å². The van der Waals surface area contributed by atoms with Crippen LogP contribution in [0.2, 0.25) is 0 Å². The Labute approximate surface area is 138 Å². The lowest BCUT2D eigenvalue weighted by atomic mass is 10.1. The van der Waals surface area contributed by atoms with E-state index in [9.17, 15) is 14.9 Å². The predicted octanol–water partition coefficient (Wildman–Crippen LogP) is 3.00. The van der Waals surface area contributed by atoms with Crippen LogP contribution in [-0.4, -0.2) is 36.4 Å². The number of hydrogen-bond donors (Lipinski definition) is 1. The van der Waals surface area contributed by atoms with Crippen LogP contribution in [0.15, 0.2) is 35.0 Å². The van der Waals surface area contributed by atoms with Gasteiger partial charge in [0.1, 0.15) is 0 Å². The molecule has 0 bridgehead atoms. The number of hydrogen-bond acceptors (Lipinski definition) is 5. The van der Waals surface area contributed by atoms with E-state index < -0.39 is 4.92 Å². The van der Waals surface area contributed by atoms with E-state index in [4.69, 9.17) is 0 Å². The summed E-state index contributed by atoms with van der Waals surface area (Å²) in [5.41, 5.74) is 1.81. The standard InChI is InChI=1S/C16H19N3O3S/c1-11-13(5-4-6-14(11)19(21)22)16(20)17-9-15(18(2)3)12-7-8-23-10-12/h4-8,10,15H,9H2,1-3H3,(H,17,20). The van der Waals surface area contributed by atoms with Crippen LogP contribution in [0.25, 0.3) is 0 Å². The Morgan fingerprint density at radius 3 is 2.70 bits per heavy atom. The lowest BCUT2D eigenvalue weighted by molar-refractivity contribution is -0.385. The number of thiophene rings is 1. The number of carbonyl (C=O) groups excluding carboxylic acids is 1. The summed E-state index contributed by atoms with van der Waals surface area (Å²) < 4.78 is 0. The molecule has 2 aromatic rings. The number of rotatable bonds is 6. The van der Waals surface area contributed by atoms with Gasteiger partial charge in [-0.3, -0.25) is 14.9 Å². The van der Waals surface area contributed by atoms with Crippen LogP contribution in [0.3, 0.4) is 0 Å². The molecule has 1 N–H and O–H groups in total. The molecule has 0 spiro atoms. The molecule has 7 heteroatoms. The monoisotopic (exact) mass is 333 g/mol. The van der Waals surface area contributed by atoms with Crippen molar-refractivity contribution >= 4 is 22.9 Å². The Hall–Kier alpha value is -2.25. The number of nitrogens with zero attached hydrogens (tertiary/aromatic N) is 2. The number of nitro groups is 1. The van der Waals surface area contributed by atoms with Crippen molar-refractivity contribution < 1.29 is 9.72 Å². The van der Waals surface area contributed by atoms with Gasteiger partial charge in [-0.05, 0) is 49.5 Å². The number of benzene rings is 1. The maximum Gasteiger partial charge on any atom is 0.273 e. The summed E-state index contributed by atoms with van der Waals surface area (Å²) in [6, 6.07) is 6.62.